The molecule has 7 heteroatoms. The smallest absolute Gasteiger partial charge is 0.230 e. The Kier molecular flexibility index (Phi) is 6.11. The molecule has 0 bridgehead atoms. The first-order valence-electron chi connectivity index (χ1n) is 8.36. The number of carbonyl (C=O) groups excluding carboxylic acids is 1. The number of para-hydroxylation sites is 1. The van der Waals surface area contributed by atoms with E-state index in [0.717, 1.165) is 26.8 Å². The minimum atomic E-state index is -0.0271. The fourth-order valence-corrected chi connectivity index (χ4v) is 4.58. The molecule has 2 aromatic heterocycles. The fourth-order valence-electron chi connectivity index (χ4n) is 2.48. The summed E-state index contributed by atoms with van der Waals surface area (Å²) in [6.45, 7) is 6.97. The Labute approximate surface area is 161 Å². The van der Waals surface area contributed by atoms with Gasteiger partial charge in [0, 0.05) is 10.3 Å². The predicted octanol–water partition coefficient (Wildman–Crippen LogP) is 3.90. The van der Waals surface area contributed by atoms with Crippen molar-refractivity contribution in [1.29, 1.82) is 0 Å². The van der Waals surface area contributed by atoms with Gasteiger partial charge in [-0.25, -0.2) is 9.97 Å². The van der Waals surface area contributed by atoms with Gasteiger partial charge in [0.1, 0.15) is 28.0 Å². The minimum absolute atomic E-state index is 0.0271. The first-order chi connectivity index (χ1) is 12.5. The molecule has 1 amide bonds. The van der Waals surface area contributed by atoms with E-state index in [-0.39, 0.29) is 5.91 Å². The van der Waals surface area contributed by atoms with Gasteiger partial charge < -0.3 is 10.1 Å². The van der Waals surface area contributed by atoms with Gasteiger partial charge in [-0.1, -0.05) is 30.0 Å². The molecule has 0 radical (unpaired) electrons. The number of carbonyl (C=O) groups is 1. The number of ether oxygens (including phenoxy) is 1. The number of thiophene rings is 1. The monoisotopic (exact) mass is 387 g/mol. The van der Waals surface area contributed by atoms with Crippen molar-refractivity contribution in [2.24, 2.45) is 0 Å². The van der Waals surface area contributed by atoms with Crippen LogP contribution < -0.4 is 10.1 Å². The topological polar surface area (TPSA) is 64.1 Å². The summed E-state index contributed by atoms with van der Waals surface area (Å²) in [6, 6.07) is 9.57. The maximum absolute atomic E-state index is 12.1. The van der Waals surface area contributed by atoms with Crippen LogP contribution in [0, 0.1) is 20.8 Å². The van der Waals surface area contributed by atoms with Gasteiger partial charge in [0.15, 0.2) is 0 Å². The fraction of sp³-hybridized carbons (Fsp3) is 0.316. The zero-order valence-electron chi connectivity index (χ0n) is 15.0. The molecule has 0 atom stereocenters. The molecule has 2 heterocycles. The Balaban J connectivity index is 1.52. The highest BCUT2D eigenvalue weighted by Gasteiger charge is 2.15. The van der Waals surface area contributed by atoms with Crippen molar-refractivity contribution in [3.05, 3.63) is 46.6 Å². The standard InChI is InChI=1S/C19H21N3O2S2/c1-12-13(2)26-19-17(12)18(21-14(3)22-19)25-11-16(23)20-9-10-24-15-7-5-4-6-8-15/h4-8H,9-11H2,1-3H3,(H,20,23). The molecule has 3 rings (SSSR count). The lowest BCUT2D eigenvalue weighted by molar-refractivity contribution is -0.118. The number of hydrogen-bond acceptors (Lipinski definition) is 6. The van der Waals surface area contributed by atoms with E-state index < -0.39 is 0 Å². The summed E-state index contributed by atoms with van der Waals surface area (Å²) in [5.74, 6) is 1.84. The molecule has 0 aliphatic heterocycles. The number of amides is 1. The van der Waals surface area contributed by atoms with Crippen molar-refractivity contribution in [2.45, 2.75) is 25.8 Å². The zero-order chi connectivity index (χ0) is 18.5. The third-order valence-corrected chi connectivity index (χ3v) is 5.96. The molecule has 0 saturated heterocycles. The van der Waals surface area contributed by atoms with Crippen LogP contribution in [0.25, 0.3) is 10.2 Å². The molecular weight excluding hydrogens is 366 g/mol. The molecule has 3 aromatic rings. The van der Waals surface area contributed by atoms with E-state index in [2.05, 4.69) is 29.1 Å². The van der Waals surface area contributed by atoms with Crippen molar-refractivity contribution in [3.63, 3.8) is 0 Å². The molecule has 0 aliphatic carbocycles. The molecule has 26 heavy (non-hydrogen) atoms. The van der Waals surface area contributed by atoms with Crippen LogP contribution in [0.2, 0.25) is 0 Å². The number of aromatic nitrogens is 2. The molecule has 5 nitrogen and oxygen atoms in total. The van der Waals surface area contributed by atoms with E-state index in [4.69, 9.17) is 4.74 Å². The molecule has 136 valence electrons. The van der Waals surface area contributed by atoms with Gasteiger partial charge in [-0.15, -0.1) is 11.3 Å². The number of hydrogen-bond donors (Lipinski definition) is 1. The Bertz CT molecular complexity index is 910. The molecular formula is C19H21N3O2S2. The van der Waals surface area contributed by atoms with E-state index in [1.54, 1.807) is 11.3 Å². The zero-order valence-corrected chi connectivity index (χ0v) is 16.7. The van der Waals surface area contributed by atoms with Crippen LogP contribution in [0.3, 0.4) is 0 Å². The molecule has 0 aliphatic rings. The van der Waals surface area contributed by atoms with E-state index in [9.17, 15) is 4.79 Å². The largest absolute Gasteiger partial charge is 0.492 e. The van der Waals surface area contributed by atoms with Gasteiger partial charge >= 0.3 is 0 Å². The van der Waals surface area contributed by atoms with Gasteiger partial charge in [0.05, 0.1) is 12.3 Å². The summed E-state index contributed by atoms with van der Waals surface area (Å²) < 4.78 is 5.57. The lowest BCUT2D eigenvalue weighted by Crippen LogP contribution is -2.29. The number of benzene rings is 1. The van der Waals surface area contributed by atoms with Crippen molar-refractivity contribution < 1.29 is 9.53 Å². The number of nitrogens with one attached hydrogen (secondary N) is 1. The van der Waals surface area contributed by atoms with Crippen molar-refractivity contribution in [1.82, 2.24) is 15.3 Å². The van der Waals surface area contributed by atoms with E-state index >= 15 is 0 Å². The molecule has 0 fully saturated rings. The summed E-state index contributed by atoms with van der Waals surface area (Å²) in [6.07, 6.45) is 0. The van der Waals surface area contributed by atoms with Crippen LogP contribution >= 0.6 is 23.1 Å². The summed E-state index contributed by atoms with van der Waals surface area (Å²) in [5, 5.41) is 4.83. The summed E-state index contributed by atoms with van der Waals surface area (Å²) in [7, 11) is 0. The highest BCUT2D eigenvalue weighted by atomic mass is 32.2. The predicted molar refractivity (Wildman–Crippen MR) is 107 cm³/mol. The summed E-state index contributed by atoms with van der Waals surface area (Å²) >= 11 is 3.13. The van der Waals surface area contributed by atoms with Crippen LogP contribution in [-0.4, -0.2) is 34.8 Å². The minimum Gasteiger partial charge on any atom is -0.492 e. The van der Waals surface area contributed by atoms with Gasteiger partial charge in [0.2, 0.25) is 5.91 Å². The first kappa shape index (κ1) is 18.7. The number of thioether (sulfide) groups is 1. The lowest BCUT2D eigenvalue weighted by atomic mass is 10.2. The van der Waals surface area contributed by atoms with Crippen LogP contribution in [0.5, 0.6) is 5.75 Å². The number of aryl methyl sites for hydroxylation is 3. The van der Waals surface area contributed by atoms with Crippen LogP contribution in [0.4, 0.5) is 0 Å². The molecule has 1 N–H and O–H groups in total. The molecule has 0 saturated carbocycles. The third kappa shape index (κ3) is 4.53. The second kappa shape index (κ2) is 8.51. The van der Waals surface area contributed by atoms with E-state index in [0.29, 0.717) is 18.9 Å². The average molecular weight is 388 g/mol. The lowest BCUT2D eigenvalue weighted by Gasteiger charge is -2.08. The quantitative estimate of drug-likeness (QED) is 0.378. The Morgan fingerprint density at radius 1 is 1.19 bits per heavy atom. The molecule has 1 aromatic carbocycles. The van der Waals surface area contributed by atoms with Gasteiger partial charge in [-0.05, 0) is 38.5 Å². The normalized spacial score (nSPS) is 10.9. The second-order valence-electron chi connectivity index (χ2n) is 5.84. The average Bonchev–Trinajstić information content (AvgIpc) is 2.91. The number of nitrogens with zero attached hydrogens (tertiary/aromatic N) is 2. The maximum atomic E-state index is 12.1. The summed E-state index contributed by atoms with van der Waals surface area (Å²) in [4.78, 5) is 23.4. The maximum Gasteiger partial charge on any atom is 0.230 e. The number of fused-ring (bicyclic) bond motifs is 1. The SMILES string of the molecule is Cc1nc(SCC(=O)NCCOc2ccccc2)c2c(C)c(C)sc2n1. The van der Waals surface area contributed by atoms with E-state index in [1.165, 1.54) is 22.2 Å². The van der Waals surface area contributed by atoms with Crippen LogP contribution in [-0.2, 0) is 4.79 Å². The Hall–Kier alpha value is -2.12. The summed E-state index contributed by atoms with van der Waals surface area (Å²) in [5.41, 5.74) is 1.20. The van der Waals surface area contributed by atoms with Crippen LogP contribution in [0.15, 0.2) is 35.4 Å². The number of rotatable bonds is 7. The van der Waals surface area contributed by atoms with Crippen molar-refractivity contribution in [3.8, 4) is 5.75 Å². The highest BCUT2D eigenvalue weighted by Crippen LogP contribution is 2.34. The highest BCUT2D eigenvalue weighted by molar-refractivity contribution is 8.00. The molecule has 0 unspecified atom stereocenters. The van der Waals surface area contributed by atoms with Crippen LogP contribution in [0.1, 0.15) is 16.3 Å². The van der Waals surface area contributed by atoms with E-state index in [1.807, 2.05) is 37.3 Å². The Morgan fingerprint density at radius 2 is 1.96 bits per heavy atom. The molecule has 0 spiro atoms. The van der Waals surface area contributed by atoms with Crippen molar-refractivity contribution >= 4 is 39.2 Å². The van der Waals surface area contributed by atoms with Crippen molar-refractivity contribution in [2.75, 3.05) is 18.9 Å². The van der Waals surface area contributed by atoms with Gasteiger partial charge in [-0.2, -0.15) is 0 Å². The Morgan fingerprint density at radius 3 is 2.73 bits per heavy atom. The van der Waals surface area contributed by atoms with Gasteiger partial charge in [-0.3, -0.25) is 4.79 Å². The second-order valence-corrected chi connectivity index (χ2v) is 8.01. The first-order valence-corrected chi connectivity index (χ1v) is 10.2. The third-order valence-electron chi connectivity index (χ3n) is 3.88. The van der Waals surface area contributed by atoms with Gasteiger partial charge in [0.25, 0.3) is 0 Å².